The zero-order valence-corrected chi connectivity index (χ0v) is 12.7. The van der Waals surface area contributed by atoms with Gasteiger partial charge >= 0.3 is 0 Å². The Kier molecular flexibility index (Phi) is 4.81. The van der Waals surface area contributed by atoms with Crippen LogP contribution < -0.4 is 10.6 Å². The van der Waals surface area contributed by atoms with Gasteiger partial charge in [-0.05, 0) is 63.8 Å². The molecule has 2 saturated carbocycles. The molecule has 0 aromatic carbocycles. The summed E-state index contributed by atoms with van der Waals surface area (Å²) < 4.78 is 0. The summed E-state index contributed by atoms with van der Waals surface area (Å²) in [4.78, 5) is 0. The fourth-order valence-corrected chi connectivity index (χ4v) is 4.86. The van der Waals surface area contributed by atoms with Gasteiger partial charge in [-0.25, -0.2) is 0 Å². The van der Waals surface area contributed by atoms with Gasteiger partial charge in [0.1, 0.15) is 0 Å². The minimum atomic E-state index is 0.743. The molecule has 1 aliphatic heterocycles. The molecule has 1 saturated heterocycles. The van der Waals surface area contributed by atoms with Crippen LogP contribution in [0.3, 0.4) is 0 Å². The van der Waals surface area contributed by atoms with Crippen molar-refractivity contribution in [2.75, 3.05) is 6.54 Å². The summed E-state index contributed by atoms with van der Waals surface area (Å²) in [6, 6.07) is 2.36. The Morgan fingerprint density at radius 2 is 1.74 bits per heavy atom. The van der Waals surface area contributed by atoms with E-state index in [2.05, 4.69) is 17.6 Å². The molecule has 4 atom stereocenters. The summed E-state index contributed by atoms with van der Waals surface area (Å²) in [5.74, 6) is 1.86. The van der Waals surface area contributed by atoms with Crippen molar-refractivity contribution >= 4 is 0 Å². The first-order valence-corrected chi connectivity index (χ1v) is 8.84. The Labute approximate surface area is 119 Å². The maximum atomic E-state index is 4.04. The molecule has 0 aromatic heterocycles. The first kappa shape index (κ1) is 13.9. The summed E-state index contributed by atoms with van der Waals surface area (Å²) in [6.07, 6.45) is 14.5. The van der Waals surface area contributed by atoms with Crippen LogP contribution >= 0.6 is 0 Å². The van der Waals surface area contributed by atoms with Gasteiger partial charge in [0.2, 0.25) is 0 Å². The van der Waals surface area contributed by atoms with Gasteiger partial charge in [-0.2, -0.15) is 0 Å². The molecule has 0 spiro atoms. The largest absolute Gasteiger partial charge is 0.314 e. The molecule has 0 aromatic rings. The fourth-order valence-electron chi connectivity index (χ4n) is 4.86. The highest BCUT2D eigenvalue weighted by atomic mass is 15.0. The molecule has 3 fully saturated rings. The second-order valence-corrected chi connectivity index (χ2v) is 7.26. The van der Waals surface area contributed by atoms with Gasteiger partial charge in [0.05, 0.1) is 0 Å². The number of nitrogens with one attached hydrogen (secondary N) is 2. The number of hydrogen-bond donors (Lipinski definition) is 2. The van der Waals surface area contributed by atoms with E-state index < -0.39 is 0 Å². The van der Waals surface area contributed by atoms with E-state index in [-0.39, 0.29) is 0 Å². The van der Waals surface area contributed by atoms with E-state index in [1.807, 2.05) is 0 Å². The van der Waals surface area contributed by atoms with Gasteiger partial charge in [0.25, 0.3) is 0 Å². The molecule has 0 amide bonds. The standard InChI is InChI=1S/C17H32N2/c1-13(14-7-3-2-4-8-14)19-17-10-5-9-15(17)16-11-6-12-18-16/h13-19H,2-12H2,1H3/t13-,15?,16?,17?/m0/s1. The van der Waals surface area contributed by atoms with Gasteiger partial charge in [-0.1, -0.05) is 25.7 Å². The lowest BCUT2D eigenvalue weighted by molar-refractivity contribution is 0.232. The van der Waals surface area contributed by atoms with Crippen LogP contribution in [-0.2, 0) is 0 Å². The molecule has 0 bridgehead atoms. The molecule has 110 valence electrons. The van der Waals surface area contributed by atoms with Crippen molar-refractivity contribution in [1.29, 1.82) is 0 Å². The quantitative estimate of drug-likeness (QED) is 0.812. The van der Waals surface area contributed by atoms with E-state index in [0.29, 0.717) is 0 Å². The SMILES string of the molecule is C[C@H](NC1CCCC1C1CCCN1)C1CCCCC1. The van der Waals surface area contributed by atoms with Gasteiger partial charge in [-0.15, -0.1) is 0 Å². The normalized spacial score (nSPS) is 38.7. The smallest absolute Gasteiger partial charge is 0.0113 e. The molecule has 1 heterocycles. The monoisotopic (exact) mass is 264 g/mol. The Hall–Kier alpha value is -0.0800. The third-order valence-corrected chi connectivity index (χ3v) is 6.02. The van der Waals surface area contributed by atoms with Crippen LogP contribution in [0.25, 0.3) is 0 Å². The highest BCUT2D eigenvalue weighted by Crippen LogP contribution is 2.34. The number of hydrogen-bond acceptors (Lipinski definition) is 2. The molecule has 0 radical (unpaired) electrons. The van der Waals surface area contributed by atoms with E-state index in [9.17, 15) is 0 Å². The third kappa shape index (κ3) is 3.33. The van der Waals surface area contributed by atoms with Gasteiger partial charge in [0.15, 0.2) is 0 Å². The summed E-state index contributed by atoms with van der Waals surface area (Å²) >= 11 is 0. The van der Waals surface area contributed by atoms with Crippen molar-refractivity contribution in [3.05, 3.63) is 0 Å². The summed E-state index contributed by atoms with van der Waals surface area (Å²) in [7, 11) is 0. The molecule has 2 aliphatic carbocycles. The molecule has 19 heavy (non-hydrogen) atoms. The molecule has 2 heteroatoms. The highest BCUT2D eigenvalue weighted by molar-refractivity contribution is 4.94. The molecule has 2 N–H and O–H groups in total. The van der Waals surface area contributed by atoms with Crippen molar-refractivity contribution in [2.45, 2.75) is 89.3 Å². The maximum absolute atomic E-state index is 4.04. The van der Waals surface area contributed by atoms with Crippen LogP contribution in [0.1, 0.15) is 71.1 Å². The summed E-state index contributed by atoms with van der Waals surface area (Å²) in [5.41, 5.74) is 0. The third-order valence-electron chi connectivity index (χ3n) is 6.02. The first-order valence-electron chi connectivity index (χ1n) is 8.84. The lowest BCUT2D eigenvalue weighted by Gasteiger charge is -2.34. The lowest BCUT2D eigenvalue weighted by Crippen LogP contribution is -2.47. The second-order valence-electron chi connectivity index (χ2n) is 7.26. The Morgan fingerprint density at radius 3 is 2.47 bits per heavy atom. The average molecular weight is 264 g/mol. The van der Waals surface area contributed by atoms with E-state index in [1.54, 1.807) is 0 Å². The minimum Gasteiger partial charge on any atom is -0.314 e. The predicted molar refractivity (Wildman–Crippen MR) is 81.3 cm³/mol. The Balaban J connectivity index is 1.52. The molecule has 3 aliphatic rings. The summed E-state index contributed by atoms with van der Waals surface area (Å²) in [5, 5.41) is 7.78. The van der Waals surface area contributed by atoms with Crippen LogP contribution in [0.2, 0.25) is 0 Å². The van der Waals surface area contributed by atoms with E-state index in [4.69, 9.17) is 0 Å². The second kappa shape index (κ2) is 6.58. The van der Waals surface area contributed by atoms with Crippen LogP contribution in [-0.4, -0.2) is 24.7 Å². The van der Waals surface area contributed by atoms with Gasteiger partial charge in [0, 0.05) is 18.1 Å². The molecule has 2 nitrogen and oxygen atoms in total. The lowest BCUT2D eigenvalue weighted by atomic mass is 9.83. The van der Waals surface area contributed by atoms with Crippen LogP contribution in [0.5, 0.6) is 0 Å². The van der Waals surface area contributed by atoms with Crippen molar-refractivity contribution in [3.63, 3.8) is 0 Å². The first-order chi connectivity index (χ1) is 9.34. The zero-order chi connectivity index (χ0) is 13.1. The Morgan fingerprint density at radius 1 is 0.895 bits per heavy atom. The number of rotatable bonds is 4. The predicted octanol–water partition coefficient (Wildman–Crippen LogP) is 3.47. The molecular weight excluding hydrogens is 232 g/mol. The van der Waals surface area contributed by atoms with Crippen molar-refractivity contribution in [3.8, 4) is 0 Å². The zero-order valence-electron chi connectivity index (χ0n) is 12.7. The molecular formula is C17H32N2. The van der Waals surface area contributed by atoms with Gasteiger partial charge in [-0.3, -0.25) is 0 Å². The van der Waals surface area contributed by atoms with Crippen LogP contribution in [0.4, 0.5) is 0 Å². The van der Waals surface area contributed by atoms with Crippen LogP contribution in [0.15, 0.2) is 0 Å². The Bertz CT molecular complexity index is 266. The van der Waals surface area contributed by atoms with Crippen molar-refractivity contribution in [2.24, 2.45) is 11.8 Å². The van der Waals surface area contributed by atoms with Gasteiger partial charge < -0.3 is 10.6 Å². The fraction of sp³-hybridized carbons (Fsp3) is 1.00. The minimum absolute atomic E-state index is 0.743. The molecule has 3 rings (SSSR count). The van der Waals surface area contributed by atoms with Crippen LogP contribution in [0, 0.1) is 11.8 Å². The van der Waals surface area contributed by atoms with E-state index >= 15 is 0 Å². The average Bonchev–Trinajstić information content (AvgIpc) is 3.10. The highest BCUT2D eigenvalue weighted by Gasteiger charge is 2.36. The van der Waals surface area contributed by atoms with Crippen molar-refractivity contribution < 1.29 is 0 Å². The summed E-state index contributed by atoms with van der Waals surface area (Å²) in [6.45, 7) is 3.71. The van der Waals surface area contributed by atoms with E-state index in [1.165, 1.54) is 70.8 Å². The van der Waals surface area contributed by atoms with Crippen molar-refractivity contribution in [1.82, 2.24) is 10.6 Å². The molecule has 3 unspecified atom stereocenters. The topological polar surface area (TPSA) is 24.1 Å². The maximum Gasteiger partial charge on any atom is 0.0113 e. The van der Waals surface area contributed by atoms with E-state index in [0.717, 1.165) is 30.0 Å².